The van der Waals surface area contributed by atoms with E-state index in [4.69, 9.17) is 0 Å². The molecular weight excluding hydrogens is 442 g/mol. The molecule has 0 spiro atoms. The first-order chi connectivity index (χ1) is 16.4. The minimum absolute atomic E-state index is 0.0218. The largest absolute Gasteiger partial charge is 0.351 e. The number of rotatable bonds is 6. The first-order valence-electron chi connectivity index (χ1n) is 12.7. The van der Waals surface area contributed by atoms with Crippen molar-refractivity contribution in [2.75, 3.05) is 6.54 Å². The molecule has 5 rings (SSSR count). The van der Waals surface area contributed by atoms with Crippen LogP contribution in [0.1, 0.15) is 79.7 Å². The van der Waals surface area contributed by atoms with Gasteiger partial charge in [-0.15, -0.1) is 11.3 Å². The highest BCUT2D eigenvalue weighted by molar-refractivity contribution is 7.19. The quantitative estimate of drug-likeness (QED) is 0.493. The molecular formula is C28H35N3O2S. The van der Waals surface area contributed by atoms with E-state index in [-0.39, 0.29) is 23.8 Å². The van der Waals surface area contributed by atoms with Gasteiger partial charge < -0.3 is 14.8 Å². The van der Waals surface area contributed by atoms with E-state index in [0.29, 0.717) is 18.8 Å². The standard InChI is InChI=1S/C28H35N3O2S/c1-4-22-15-23-25(34-22)16-24-26(32)31(17-19(2)20-11-7-5-8-12-20)28(3,18-30(23)24)27(33)29-21-13-9-6-10-14-21/h5,7-8,11-12,15-16,19,21H,4,6,9-10,13-14,17-18H2,1-3H3,(H,29,33)/t19-,28+/m0/s1. The summed E-state index contributed by atoms with van der Waals surface area (Å²) < 4.78 is 3.23. The first kappa shape index (κ1) is 23.2. The van der Waals surface area contributed by atoms with Crippen LogP contribution in [-0.2, 0) is 17.8 Å². The molecule has 2 amide bonds. The van der Waals surface area contributed by atoms with Crippen molar-refractivity contribution in [3.8, 4) is 0 Å². The lowest BCUT2D eigenvalue weighted by molar-refractivity contribution is -0.133. The molecule has 3 heterocycles. The van der Waals surface area contributed by atoms with Crippen LogP contribution in [0.3, 0.4) is 0 Å². The van der Waals surface area contributed by atoms with Gasteiger partial charge in [-0.05, 0) is 49.8 Å². The van der Waals surface area contributed by atoms with E-state index in [1.807, 2.05) is 36.1 Å². The summed E-state index contributed by atoms with van der Waals surface area (Å²) in [5.74, 6) is 0.0597. The van der Waals surface area contributed by atoms with Crippen molar-refractivity contribution in [2.45, 2.75) is 83.3 Å². The molecule has 3 aromatic rings. The molecule has 1 aliphatic carbocycles. The number of fused-ring (bicyclic) bond motifs is 3. The van der Waals surface area contributed by atoms with Crippen molar-refractivity contribution in [2.24, 2.45) is 0 Å². The monoisotopic (exact) mass is 477 g/mol. The van der Waals surface area contributed by atoms with Crippen LogP contribution in [0.25, 0.3) is 10.2 Å². The van der Waals surface area contributed by atoms with E-state index in [1.54, 1.807) is 11.3 Å². The smallest absolute Gasteiger partial charge is 0.271 e. The second-order valence-corrected chi connectivity index (χ2v) is 11.4. The molecule has 0 radical (unpaired) electrons. The molecule has 2 aliphatic rings. The second-order valence-electron chi connectivity index (χ2n) is 10.2. The van der Waals surface area contributed by atoms with Gasteiger partial charge in [-0.1, -0.05) is 63.4 Å². The predicted molar refractivity (Wildman–Crippen MR) is 139 cm³/mol. The summed E-state index contributed by atoms with van der Waals surface area (Å²) in [5, 5.41) is 3.34. The maximum Gasteiger partial charge on any atom is 0.271 e. The highest BCUT2D eigenvalue weighted by Gasteiger charge is 2.48. The Balaban J connectivity index is 1.52. The summed E-state index contributed by atoms with van der Waals surface area (Å²) in [6.45, 7) is 7.25. The molecule has 1 aliphatic heterocycles. The van der Waals surface area contributed by atoms with Crippen LogP contribution in [-0.4, -0.2) is 39.4 Å². The molecule has 34 heavy (non-hydrogen) atoms. The van der Waals surface area contributed by atoms with Gasteiger partial charge in [-0.3, -0.25) is 9.59 Å². The third kappa shape index (κ3) is 4.06. The fraction of sp³-hybridized carbons (Fsp3) is 0.500. The number of hydrogen-bond donors (Lipinski definition) is 1. The topological polar surface area (TPSA) is 54.3 Å². The number of thiophene rings is 1. The summed E-state index contributed by atoms with van der Waals surface area (Å²) in [4.78, 5) is 31.0. The molecule has 0 bridgehead atoms. The number of aryl methyl sites for hydroxylation is 1. The lowest BCUT2D eigenvalue weighted by Crippen LogP contribution is -2.65. The van der Waals surface area contributed by atoms with Crippen LogP contribution in [0.4, 0.5) is 0 Å². The highest BCUT2D eigenvalue weighted by Crippen LogP contribution is 2.37. The zero-order valence-electron chi connectivity index (χ0n) is 20.5. The SMILES string of the molecule is CCc1cc2c(cc3n2C[C@](C)(C(=O)NC2CCCCC2)N(C[C@H](C)c2ccccc2)C3=O)s1. The van der Waals surface area contributed by atoms with Crippen molar-refractivity contribution in [1.29, 1.82) is 0 Å². The molecule has 1 aromatic carbocycles. The fourth-order valence-corrected chi connectivity index (χ4v) is 6.64. The van der Waals surface area contributed by atoms with Gasteiger partial charge in [0, 0.05) is 17.5 Å². The highest BCUT2D eigenvalue weighted by atomic mass is 32.1. The average molecular weight is 478 g/mol. The van der Waals surface area contributed by atoms with Gasteiger partial charge in [0.15, 0.2) is 0 Å². The van der Waals surface area contributed by atoms with E-state index < -0.39 is 5.54 Å². The molecule has 2 atom stereocenters. The average Bonchev–Trinajstić information content (AvgIpc) is 3.41. The molecule has 1 saturated carbocycles. The molecule has 0 saturated heterocycles. The van der Waals surface area contributed by atoms with Crippen LogP contribution in [0.15, 0.2) is 42.5 Å². The Bertz CT molecular complexity index is 1190. The Kier molecular flexibility index (Phi) is 6.28. The first-order valence-corrected chi connectivity index (χ1v) is 13.5. The van der Waals surface area contributed by atoms with Crippen LogP contribution < -0.4 is 5.32 Å². The Labute approximate surface area is 206 Å². The summed E-state index contributed by atoms with van der Waals surface area (Å²) in [5.41, 5.74) is 2.02. The molecule has 2 aromatic heterocycles. The van der Waals surface area contributed by atoms with Gasteiger partial charge >= 0.3 is 0 Å². The lowest BCUT2D eigenvalue weighted by atomic mass is 9.89. The van der Waals surface area contributed by atoms with Gasteiger partial charge in [0.2, 0.25) is 5.91 Å². The van der Waals surface area contributed by atoms with Crippen molar-refractivity contribution >= 4 is 33.4 Å². The zero-order chi connectivity index (χ0) is 23.9. The van der Waals surface area contributed by atoms with Gasteiger partial charge in [-0.2, -0.15) is 0 Å². The van der Waals surface area contributed by atoms with Crippen LogP contribution >= 0.6 is 11.3 Å². The van der Waals surface area contributed by atoms with Crippen molar-refractivity contribution in [3.63, 3.8) is 0 Å². The second kappa shape index (κ2) is 9.21. The summed E-state index contributed by atoms with van der Waals surface area (Å²) in [6.07, 6.45) is 6.59. The van der Waals surface area contributed by atoms with E-state index in [0.717, 1.165) is 42.3 Å². The normalized spacial score (nSPS) is 22.1. The number of nitrogens with zero attached hydrogens (tertiary/aromatic N) is 2. The minimum Gasteiger partial charge on any atom is -0.351 e. The zero-order valence-corrected chi connectivity index (χ0v) is 21.3. The van der Waals surface area contributed by atoms with Crippen LogP contribution in [0.2, 0.25) is 0 Å². The van der Waals surface area contributed by atoms with Gasteiger partial charge in [-0.25, -0.2) is 0 Å². The molecule has 0 unspecified atom stereocenters. The number of aromatic nitrogens is 1. The molecule has 1 fully saturated rings. The van der Waals surface area contributed by atoms with Crippen LogP contribution in [0, 0.1) is 0 Å². The number of carbonyl (C=O) groups excluding carboxylic acids is 2. The maximum absolute atomic E-state index is 13.9. The number of nitrogens with one attached hydrogen (secondary N) is 1. The van der Waals surface area contributed by atoms with Gasteiger partial charge in [0.05, 0.1) is 16.8 Å². The number of carbonyl (C=O) groups is 2. The lowest BCUT2D eigenvalue weighted by Gasteiger charge is -2.45. The molecule has 180 valence electrons. The van der Waals surface area contributed by atoms with E-state index in [9.17, 15) is 9.59 Å². The third-order valence-corrected chi connectivity index (χ3v) is 8.99. The molecule has 6 heteroatoms. The summed E-state index contributed by atoms with van der Waals surface area (Å²) in [7, 11) is 0. The summed E-state index contributed by atoms with van der Waals surface area (Å²) >= 11 is 1.75. The van der Waals surface area contributed by atoms with Gasteiger partial charge in [0.1, 0.15) is 11.2 Å². The Morgan fingerprint density at radius 1 is 1.18 bits per heavy atom. The molecule has 5 nitrogen and oxygen atoms in total. The Hall–Kier alpha value is -2.60. The Morgan fingerprint density at radius 3 is 2.62 bits per heavy atom. The third-order valence-electron chi connectivity index (χ3n) is 7.77. The Morgan fingerprint density at radius 2 is 1.91 bits per heavy atom. The van der Waals surface area contributed by atoms with E-state index >= 15 is 0 Å². The summed E-state index contributed by atoms with van der Waals surface area (Å²) in [6, 6.07) is 14.7. The predicted octanol–water partition coefficient (Wildman–Crippen LogP) is 5.73. The number of benzene rings is 1. The van der Waals surface area contributed by atoms with Crippen molar-refractivity contribution in [1.82, 2.24) is 14.8 Å². The van der Waals surface area contributed by atoms with Crippen LogP contribution in [0.5, 0.6) is 0 Å². The van der Waals surface area contributed by atoms with Gasteiger partial charge in [0.25, 0.3) is 5.91 Å². The fourth-order valence-electron chi connectivity index (χ4n) is 5.60. The van der Waals surface area contributed by atoms with E-state index in [2.05, 4.69) is 41.9 Å². The maximum atomic E-state index is 13.9. The van der Waals surface area contributed by atoms with Crippen molar-refractivity contribution < 1.29 is 9.59 Å². The molecule has 1 N–H and O–H groups in total. The van der Waals surface area contributed by atoms with Crippen molar-refractivity contribution in [3.05, 3.63) is 58.6 Å². The number of hydrogen-bond acceptors (Lipinski definition) is 3. The number of amides is 2. The minimum atomic E-state index is -0.940. The van der Waals surface area contributed by atoms with E-state index in [1.165, 1.54) is 16.9 Å².